The molecule has 2 saturated carbocycles. The molecule has 0 amide bonds. The molecule has 9 heteroatoms. The third-order valence-corrected chi connectivity index (χ3v) is 9.60. The van der Waals surface area contributed by atoms with Crippen LogP contribution in [0.2, 0.25) is 0 Å². The van der Waals surface area contributed by atoms with Gasteiger partial charge in [0.1, 0.15) is 0 Å². The first kappa shape index (κ1) is 23.2. The molecular formula is C21H31N3O4S2. The molecule has 7 nitrogen and oxygen atoms in total. The van der Waals surface area contributed by atoms with Gasteiger partial charge < -0.3 is 0 Å². The minimum Gasteiger partial charge on any atom is -0.208 e. The Morgan fingerprint density at radius 2 is 1.40 bits per heavy atom. The fourth-order valence-electron chi connectivity index (χ4n) is 4.46. The summed E-state index contributed by atoms with van der Waals surface area (Å²) < 4.78 is 56.1. The first-order valence-corrected chi connectivity index (χ1v) is 13.8. The Bertz CT molecular complexity index is 941. The first-order chi connectivity index (χ1) is 14.3. The van der Waals surface area contributed by atoms with Crippen molar-refractivity contribution < 1.29 is 16.8 Å². The van der Waals surface area contributed by atoms with Gasteiger partial charge in [0.2, 0.25) is 20.0 Å². The van der Waals surface area contributed by atoms with Gasteiger partial charge in [0, 0.05) is 25.0 Å². The van der Waals surface area contributed by atoms with Crippen molar-refractivity contribution in [1.82, 2.24) is 9.03 Å². The van der Waals surface area contributed by atoms with Crippen LogP contribution in [0, 0.1) is 11.3 Å². The smallest absolute Gasteiger partial charge is 0.208 e. The molecule has 2 aliphatic carbocycles. The van der Waals surface area contributed by atoms with Gasteiger partial charge in [-0.1, -0.05) is 38.5 Å². The standard InChI is InChI=1S/C21H31N3O4S2/c22-16-7-17-24(19-10-5-2-6-11-19)30(27,28)21-14-12-20(13-15-21)29(25,26)23-18-8-3-1-4-9-18/h12-15,18-19,23H,1-11,17H2. The van der Waals surface area contributed by atoms with Gasteiger partial charge in [0.05, 0.1) is 15.9 Å². The van der Waals surface area contributed by atoms with Crippen molar-refractivity contribution in [1.29, 1.82) is 5.26 Å². The molecule has 3 rings (SSSR count). The number of sulfonamides is 2. The summed E-state index contributed by atoms with van der Waals surface area (Å²) in [5.74, 6) is 0. The molecule has 0 bridgehead atoms. The lowest BCUT2D eigenvalue weighted by Crippen LogP contribution is -2.42. The van der Waals surface area contributed by atoms with Crippen molar-refractivity contribution in [2.45, 2.75) is 92.5 Å². The second-order valence-electron chi connectivity index (χ2n) is 8.24. The highest BCUT2D eigenvalue weighted by Gasteiger charge is 2.32. The van der Waals surface area contributed by atoms with Crippen molar-refractivity contribution in [2.75, 3.05) is 6.54 Å². The van der Waals surface area contributed by atoms with Crippen LogP contribution in [-0.2, 0) is 20.0 Å². The highest BCUT2D eigenvalue weighted by molar-refractivity contribution is 7.89. The molecule has 0 heterocycles. The summed E-state index contributed by atoms with van der Waals surface area (Å²) >= 11 is 0. The van der Waals surface area contributed by atoms with Crippen LogP contribution in [0.15, 0.2) is 34.1 Å². The fourth-order valence-corrected chi connectivity index (χ4v) is 7.45. The van der Waals surface area contributed by atoms with E-state index in [-0.39, 0.29) is 34.8 Å². The van der Waals surface area contributed by atoms with Crippen molar-refractivity contribution in [3.63, 3.8) is 0 Å². The van der Waals surface area contributed by atoms with Gasteiger partial charge in [-0.05, 0) is 49.9 Å². The predicted octanol–water partition coefficient (Wildman–Crippen LogP) is 3.53. The van der Waals surface area contributed by atoms with Crippen molar-refractivity contribution in [3.05, 3.63) is 24.3 Å². The summed E-state index contributed by atoms with van der Waals surface area (Å²) in [4.78, 5) is 0.149. The molecule has 0 spiro atoms. The molecule has 30 heavy (non-hydrogen) atoms. The van der Waals surface area contributed by atoms with E-state index in [4.69, 9.17) is 5.26 Å². The number of rotatable bonds is 8. The van der Waals surface area contributed by atoms with E-state index >= 15 is 0 Å². The highest BCUT2D eigenvalue weighted by Crippen LogP contribution is 2.29. The summed E-state index contributed by atoms with van der Waals surface area (Å²) in [7, 11) is -7.47. The lowest BCUT2D eigenvalue weighted by molar-refractivity contribution is 0.256. The van der Waals surface area contributed by atoms with E-state index in [1.54, 1.807) is 0 Å². The van der Waals surface area contributed by atoms with Crippen LogP contribution >= 0.6 is 0 Å². The van der Waals surface area contributed by atoms with Crippen LogP contribution in [0.25, 0.3) is 0 Å². The zero-order chi connectivity index (χ0) is 21.6. The Kier molecular flexibility index (Phi) is 7.91. The number of benzene rings is 1. The Morgan fingerprint density at radius 1 is 0.867 bits per heavy atom. The zero-order valence-electron chi connectivity index (χ0n) is 17.3. The maximum absolute atomic E-state index is 13.3. The lowest BCUT2D eigenvalue weighted by atomic mass is 9.95. The summed E-state index contributed by atoms with van der Waals surface area (Å²) in [5, 5.41) is 8.97. The fraction of sp³-hybridized carbons (Fsp3) is 0.667. The Hall–Kier alpha value is -1.47. The third kappa shape index (κ3) is 5.61. The van der Waals surface area contributed by atoms with Gasteiger partial charge in [-0.25, -0.2) is 21.6 Å². The van der Waals surface area contributed by atoms with Gasteiger partial charge in [0.25, 0.3) is 0 Å². The normalized spacial score (nSPS) is 19.6. The SMILES string of the molecule is N#CCCN(C1CCCCC1)S(=O)(=O)c1ccc(S(=O)(=O)NC2CCCCC2)cc1. The predicted molar refractivity (Wildman–Crippen MR) is 115 cm³/mol. The van der Waals surface area contributed by atoms with Gasteiger partial charge in [-0.2, -0.15) is 9.57 Å². The topological polar surface area (TPSA) is 107 Å². The molecule has 0 atom stereocenters. The maximum atomic E-state index is 13.3. The minimum atomic E-state index is -3.80. The van der Waals surface area contributed by atoms with Crippen LogP contribution in [0.4, 0.5) is 0 Å². The summed E-state index contributed by atoms with van der Waals surface area (Å²) in [5.41, 5.74) is 0. The molecule has 0 saturated heterocycles. The quantitative estimate of drug-likeness (QED) is 0.648. The molecule has 0 aliphatic heterocycles. The van der Waals surface area contributed by atoms with Crippen LogP contribution < -0.4 is 4.72 Å². The molecule has 2 aliphatic rings. The molecule has 1 aromatic carbocycles. The summed E-state index contributed by atoms with van der Waals surface area (Å²) in [6.45, 7) is 0.160. The maximum Gasteiger partial charge on any atom is 0.243 e. The molecule has 0 unspecified atom stereocenters. The largest absolute Gasteiger partial charge is 0.243 e. The molecule has 166 valence electrons. The number of hydrogen-bond donors (Lipinski definition) is 1. The van der Waals surface area contributed by atoms with Gasteiger partial charge in [-0.3, -0.25) is 0 Å². The van der Waals surface area contributed by atoms with E-state index in [0.717, 1.165) is 64.2 Å². The second-order valence-corrected chi connectivity index (χ2v) is 11.8. The van der Waals surface area contributed by atoms with E-state index in [9.17, 15) is 16.8 Å². The van der Waals surface area contributed by atoms with Crippen molar-refractivity contribution in [2.24, 2.45) is 0 Å². The van der Waals surface area contributed by atoms with Crippen molar-refractivity contribution >= 4 is 20.0 Å². The van der Waals surface area contributed by atoms with Gasteiger partial charge in [0.15, 0.2) is 0 Å². The first-order valence-electron chi connectivity index (χ1n) is 10.9. The van der Waals surface area contributed by atoms with E-state index in [0.29, 0.717) is 0 Å². The van der Waals surface area contributed by atoms with Crippen LogP contribution in [0.5, 0.6) is 0 Å². The number of hydrogen-bond acceptors (Lipinski definition) is 5. The van der Waals surface area contributed by atoms with Crippen LogP contribution in [-0.4, -0.2) is 39.8 Å². The molecule has 0 aromatic heterocycles. The average molecular weight is 454 g/mol. The highest BCUT2D eigenvalue weighted by atomic mass is 32.2. The monoisotopic (exact) mass is 453 g/mol. The minimum absolute atomic E-state index is 0.0556. The number of nitriles is 1. The van der Waals surface area contributed by atoms with E-state index in [1.807, 2.05) is 6.07 Å². The Labute approximate surface area is 180 Å². The zero-order valence-corrected chi connectivity index (χ0v) is 18.9. The molecule has 2 fully saturated rings. The molecular weight excluding hydrogens is 422 g/mol. The molecule has 0 radical (unpaired) electrons. The summed E-state index contributed by atoms with van der Waals surface area (Å²) in [6, 6.07) is 7.34. The molecule has 1 aromatic rings. The van der Waals surface area contributed by atoms with E-state index in [1.165, 1.54) is 28.6 Å². The second kappa shape index (κ2) is 10.2. The van der Waals surface area contributed by atoms with Gasteiger partial charge >= 0.3 is 0 Å². The van der Waals surface area contributed by atoms with E-state index < -0.39 is 20.0 Å². The van der Waals surface area contributed by atoms with Crippen molar-refractivity contribution in [3.8, 4) is 6.07 Å². The average Bonchev–Trinajstić information content (AvgIpc) is 2.75. The Morgan fingerprint density at radius 3 is 1.97 bits per heavy atom. The molecule has 1 N–H and O–H groups in total. The third-order valence-electron chi connectivity index (χ3n) is 6.09. The Balaban J connectivity index is 1.79. The van der Waals surface area contributed by atoms with Gasteiger partial charge in [-0.15, -0.1) is 0 Å². The van der Waals surface area contributed by atoms with Crippen LogP contribution in [0.1, 0.15) is 70.6 Å². The van der Waals surface area contributed by atoms with Crippen LogP contribution in [0.3, 0.4) is 0 Å². The summed E-state index contributed by atoms with van der Waals surface area (Å²) in [6.07, 6.45) is 9.62. The number of nitrogens with one attached hydrogen (secondary N) is 1. The van der Waals surface area contributed by atoms with E-state index in [2.05, 4.69) is 4.72 Å². The number of nitrogens with zero attached hydrogens (tertiary/aromatic N) is 2. The lowest BCUT2D eigenvalue weighted by Gasteiger charge is -2.33.